The van der Waals surface area contributed by atoms with Gasteiger partial charge >= 0.3 is 0 Å². The van der Waals surface area contributed by atoms with E-state index in [1.807, 2.05) is 0 Å². The zero-order chi connectivity index (χ0) is 9.26. The van der Waals surface area contributed by atoms with Crippen molar-refractivity contribution in [2.24, 2.45) is 0 Å². The summed E-state index contributed by atoms with van der Waals surface area (Å²) in [5.41, 5.74) is 1.04. The summed E-state index contributed by atoms with van der Waals surface area (Å²) in [5, 5.41) is 0. The van der Waals surface area contributed by atoms with Crippen molar-refractivity contribution in [1.29, 1.82) is 0 Å². The fraction of sp³-hybridized carbons (Fsp3) is 0.455. The number of ether oxygens (including phenoxy) is 2. The lowest BCUT2D eigenvalue weighted by atomic mass is 10.0. The highest BCUT2D eigenvalue weighted by Gasteiger charge is 2.23. The lowest BCUT2D eigenvalue weighted by Gasteiger charge is -2.05. The Morgan fingerprint density at radius 2 is 2.36 bits per heavy atom. The van der Waals surface area contributed by atoms with Crippen molar-refractivity contribution < 1.29 is 13.9 Å². The maximum absolute atomic E-state index is 12.8. The SMILES string of the molecule is C.COC[C@@H]1COc2cc(F)ccc21. The zero-order valence-electron chi connectivity index (χ0n) is 7.42. The van der Waals surface area contributed by atoms with Gasteiger partial charge in [-0.05, 0) is 6.07 Å². The summed E-state index contributed by atoms with van der Waals surface area (Å²) in [6.07, 6.45) is 0. The standard InChI is InChI=1S/C10H11FO2.CH4/c1-12-5-7-6-13-10-4-8(11)2-3-9(7)10;/h2-4,7H,5-6H2,1H3;1H4/t7-;/m1./s1. The molecule has 1 aromatic rings. The molecule has 0 spiro atoms. The molecule has 14 heavy (non-hydrogen) atoms. The van der Waals surface area contributed by atoms with E-state index in [1.165, 1.54) is 12.1 Å². The first-order valence-corrected chi connectivity index (χ1v) is 4.22. The Balaban J connectivity index is 0.000000980. The summed E-state index contributed by atoms with van der Waals surface area (Å²) in [6.45, 7) is 1.21. The smallest absolute Gasteiger partial charge is 0.126 e. The molecule has 3 heteroatoms. The van der Waals surface area contributed by atoms with Gasteiger partial charge in [0.05, 0.1) is 13.2 Å². The first-order chi connectivity index (χ1) is 6.31. The minimum absolute atomic E-state index is 0. The fourth-order valence-electron chi connectivity index (χ4n) is 1.59. The van der Waals surface area contributed by atoms with Crippen LogP contribution in [-0.2, 0) is 4.74 Å². The third-order valence-electron chi connectivity index (χ3n) is 2.22. The molecular formula is C11H15FO2. The lowest BCUT2D eigenvalue weighted by molar-refractivity contribution is 0.166. The predicted octanol–water partition coefficient (Wildman–Crippen LogP) is 2.58. The average Bonchev–Trinajstić information content (AvgIpc) is 2.49. The molecule has 2 nitrogen and oxygen atoms in total. The van der Waals surface area contributed by atoms with Crippen LogP contribution in [-0.4, -0.2) is 20.3 Å². The van der Waals surface area contributed by atoms with E-state index in [4.69, 9.17) is 9.47 Å². The normalized spacial score (nSPS) is 18.3. The molecule has 1 atom stereocenters. The van der Waals surface area contributed by atoms with Gasteiger partial charge in [0.2, 0.25) is 0 Å². The molecule has 1 aliphatic heterocycles. The number of rotatable bonds is 2. The van der Waals surface area contributed by atoms with Gasteiger partial charge in [-0.25, -0.2) is 4.39 Å². The van der Waals surface area contributed by atoms with E-state index in [9.17, 15) is 4.39 Å². The van der Waals surface area contributed by atoms with Crippen LogP contribution >= 0.6 is 0 Å². The molecule has 0 saturated heterocycles. The first kappa shape index (κ1) is 11.0. The van der Waals surface area contributed by atoms with Crippen LogP contribution < -0.4 is 4.74 Å². The second kappa shape index (κ2) is 4.42. The molecule has 78 valence electrons. The minimum Gasteiger partial charge on any atom is -0.492 e. The predicted molar refractivity (Wildman–Crippen MR) is 53.2 cm³/mol. The summed E-state index contributed by atoms with van der Waals surface area (Å²) < 4.78 is 23.1. The molecule has 0 aliphatic carbocycles. The van der Waals surface area contributed by atoms with Gasteiger partial charge in [0.15, 0.2) is 0 Å². The van der Waals surface area contributed by atoms with Crippen molar-refractivity contribution in [2.45, 2.75) is 13.3 Å². The third-order valence-corrected chi connectivity index (χ3v) is 2.22. The Labute approximate surface area is 83.6 Å². The van der Waals surface area contributed by atoms with Crippen LogP contribution in [0.4, 0.5) is 4.39 Å². The Hall–Kier alpha value is -1.09. The van der Waals surface area contributed by atoms with Crippen molar-refractivity contribution in [2.75, 3.05) is 20.3 Å². The Morgan fingerprint density at radius 1 is 1.57 bits per heavy atom. The van der Waals surface area contributed by atoms with Crippen LogP contribution in [0.15, 0.2) is 18.2 Å². The van der Waals surface area contributed by atoms with Gasteiger partial charge in [0.1, 0.15) is 11.6 Å². The molecule has 0 fully saturated rings. The van der Waals surface area contributed by atoms with Crippen LogP contribution in [0.3, 0.4) is 0 Å². The molecule has 0 amide bonds. The topological polar surface area (TPSA) is 18.5 Å². The second-order valence-electron chi connectivity index (χ2n) is 3.15. The van der Waals surface area contributed by atoms with Gasteiger partial charge < -0.3 is 9.47 Å². The van der Waals surface area contributed by atoms with Crippen molar-refractivity contribution in [1.82, 2.24) is 0 Å². The second-order valence-corrected chi connectivity index (χ2v) is 3.15. The number of fused-ring (bicyclic) bond motifs is 1. The van der Waals surface area contributed by atoms with E-state index in [0.29, 0.717) is 19.0 Å². The van der Waals surface area contributed by atoms with Crippen LogP contribution in [0.5, 0.6) is 5.75 Å². The molecule has 1 aliphatic rings. The lowest BCUT2D eigenvalue weighted by Crippen LogP contribution is -2.07. The molecular weight excluding hydrogens is 183 g/mol. The van der Waals surface area contributed by atoms with Gasteiger partial charge in [-0.3, -0.25) is 0 Å². The van der Waals surface area contributed by atoms with E-state index >= 15 is 0 Å². The largest absolute Gasteiger partial charge is 0.492 e. The number of methoxy groups -OCH3 is 1. The third kappa shape index (κ3) is 1.87. The Morgan fingerprint density at radius 3 is 3.07 bits per heavy atom. The first-order valence-electron chi connectivity index (χ1n) is 4.22. The van der Waals surface area contributed by atoms with Gasteiger partial charge in [-0.15, -0.1) is 0 Å². The van der Waals surface area contributed by atoms with E-state index in [-0.39, 0.29) is 19.2 Å². The minimum atomic E-state index is -0.253. The van der Waals surface area contributed by atoms with E-state index in [0.717, 1.165) is 5.56 Å². The van der Waals surface area contributed by atoms with E-state index in [2.05, 4.69) is 0 Å². The Bertz CT molecular complexity index is 312. The molecule has 2 rings (SSSR count). The quantitative estimate of drug-likeness (QED) is 0.727. The monoisotopic (exact) mass is 198 g/mol. The highest BCUT2D eigenvalue weighted by Crippen LogP contribution is 2.34. The number of hydrogen-bond acceptors (Lipinski definition) is 2. The fourth-order valence-corrected chi connectivity index (χ4v) is 1.59. The van der Waals surface area contributed by atoms with E-state index in [1.54, 1.807) is 13.2 Å². The molecule has 1 heterocycles. The summed E-state index contributed by atoms with van der Waals surface area (Å²) in [7, 11) is 1.65. The van der Waals surface area contributed by atoms with Crippen LogP contribution in [0.25, 0.3) is 0 Å². The highest BCUT2D eigenvalue weighted by molar-refractivity contribution is 5.40. The van der Waals surface area contributed by atoms with Crippen LogP contribution in [0.1, 0.15) is 18.9 Å². The molecule has 0 bridgehead atoms. The highest BCUT2D eigenvalue weighted by atomic mass is 19.1. The zero-order valence-corrected chi connectivity index (χ0v) is 7.42. The van der Waals surface area contributed by atoms with Crippen molar-refractivity contribution in [3.05, 3.63) is 29.6 Å². The van der Waals surface area contributed by atoms with Gasteiger partial charge in [0.25, 0.3) is 0 Å². The molecule has 1 aromatic carbocycles. The van der Waals surface area contributed by atoms with Crippen LogP contribution in [0, 0.1) is 5.82 Å². The average molecular weight is 198 g/mol. The van der Waals surface area contributed by atoms with Crippen LogP contribution in [0.2, 0.25) is 0 Å². The number of hydrogen-bond donors (Lipinski definition) is 0. The summed E-state index contributed by atoms with van der Waals surface area (Å²) in [6, 6.07) is 4.64. The number of benzene rings is 1. The summed E-state index contributed by atoms with van der Waals surface area (Å²) in [5.74, 6) is 0.652. The van der Waals surface area contributed by atoms with Gasteiger partial charge in [-0.2, -0.15) is 0 Å². The van der Waals surface area contributed by atoms with Crippen molar-refractivity contribution in [3.63, 3.8) is 0 Å². The Kier molecular flexibility index (Phi) is 3.47. The van der Waals surface area contributed by atoms with Crippen molar-refractivity contribution >= 4 is 0 Å². The summed E-state index contributed by atoms with van der Waals surface area (Å²) >= 11 is 0. The number of halogens is 1. The van der Waals surface area contributed by atoms with Crippen molar-refractivity contribution in [3.8, 4) is 5.75 Å². The maximum Gasteiger partial charge on any atom is 0.126 e. The molecule has 0 saturated carbocycles. The molecule has 0 N–H and O–H groups in total. The molecule has 0 aromatic heterocycles. The molecule has 0 radical (unpaired) electrons. The molecule has 0 unspecified atom stereocenters. The van der Waals surface area contributed by atoms with E-state index < -0.39 is 0 Å². The van der Waals surface area contributed by atoms with Gasteiger partial charge in [-0.1, -0.05) is 13.5 Å². The maximum atomic E-state index is 12.8. The van der Waals surface area contributed by atoms with Gasteiger partial charge in [0, 0.05) is 24.7 Å². The summed E-state index contributed by atoms with van der Waals surface area (Å²) in [4.78, 5) is 0.